The highest BCUT2D eigenvalue weighted by Gasteiger charge is 2.19. The second-order valence-electron chi connectivity index (χ2n) is 5.20. The summed E-state index contributed by atoms with van der Waals surface area (Å²) >= 11 is 8.00. The number of H-pyrrole nitrogens is 1. The number of nitrogens with one attached hydrogen (secondary N) is 1. The Morgan fingerprint density at radius 3 is 1.88 bits per heavy atom. The Hall–Kier alpha value is -1.32. The highest BCUT2D eigenvalue weighted by molar-refractivity contribution is 8.29. The largest absolute Gasteiger partial charge is 0.328 e. The Morgan fingerprint density at radius 2 is 1.44 bits per heavy atom. The second kappa shape index (κ2) is 7.51. The van der Waals surface area contributed by atoms with E-state index >= 15 is 0 Å². The maximum absolute atomic E-state index is 11.9. The first kappa shape index (κ1) is 18.5. The lowest BCUT2D eigenvalue weighted by atomic mass is 10.1. The van der Waals surface area contributed by atoms with Gasteiger partial charge in [0.1, 0.15) is 0 Å². The number of thioether (sulfide) groups is 2. The zero-order valence-electron chi connectivity index (χ0n) is 13.6. The molecule has 3 aromatic rings. The fourth-order valence-corrected chi connectivity index (χ4v) is 3.89. The van der Waals surface area contributed by atoms with E-state index in [2.05, 4.69) is 21.2 Å². The molecule has 0 amide bonds. The van der Waals surface area contributed by atoms with Crippen molar-refractivity contribution in [2.75, 3.05) is 12.5 Å². The fourth-order valence-electron chi connectivity index (χ4n) is 2.40. The normalized spacial score (nSPS) is 13.6. The molecular weight excluding hydrogens is 392 g/mol. The van der Waals surface area contributed by atoms with Gasteiger partial charge in [-0.3, -0.25) is 4.55 Å². The molecule has 1 aromatic heterocycles. The van der Waals surface area contributed by atoms with Crippen LogP contribution in [0, 0.1) is 0 Å². The first-order valence-corrected chi connectivity index (χ1v) is 12.2. The topological polar surface area (TPSA) is 66.0 Å². The zero-order valence-corrected chi connectivity index (χ0v) is 16.8. The lowest BCUT2D eigenvalue weighted by molar-refractivity contribution is 0.554. The number of hydrogen-bond donors (Lipinski definition) is 2. The van der Waals surface area contributed by atoms with Gasteiger partial charge in [0.15, 0.2) is 0 Å². The summed E-state index contributed by atoms with van der Waals surface area (Å²) in [6, 6.07) is 15.8. The SMILES string of the molecule is CSc1ccc(-c2nc(S(=O)(O)=S)[nH]c2-c2ccc(SC)cc2)cc1. The Balaban J connectivity index is 2.16. The van der Waals surface area contributed by atoms with Crippen LogP contribution in [0.3, 0.4) is 0 Å². The van der Waals surface area contributed by atoms with Crippen LogP contribution in [0.2, 0.25) is 0 Å². The number of aromatic amines is 1. The minimum atomic E-state index is -3.59. The highest BCUT2D eigenvalue weighted by Crippen LogP contribution is 2.33. The predicted molar refractivity (Wildman–Crippen MR) is 109 cm³/mol. The number of hydrogen-bond acceptors (Lipinski definition) is 5. The molecule has 4 nitrogen and oxygen atoms in total. The van der Waals surface area contributed by atoms with Gasteiger partial charge in [-0.25, -0.2) is 9.19 Å². The van der Waals surface area contributed by atoms with Crippen molar-refractivity contribution in [2.45, 2.75) is 14.9 Å². The molecule has 25 heavy (non-hydrogen) atoms. The summed E-state index contributed by atoms with van der Waals surface area (Å²) in [6.45, 7) is 0. The maximum atomic E-state index is 11.9. The summed E-state index contributed by atoms with van der Waals surface area (Å²) < 4.78 is 21.6. The third kappa shape index (κ3) is 4.09. The number of imidazole rings is 1. The molecule has 1 atom stereocenters. The third-order valence-electron chi connectivity index (χ3n) is 3.67. The number of rotatable bonds is 5. The van der Waals surface area contributed by atoms with Crippen molar-refractivity contribution in [1.29, 1.82) is 0 Å². The molecule has 3 rings (SSSR count). The van der Waals surface area contributed by atoms with Crippen molar-refractivity contribution < 1.29 is 8.76 Å². The highest BCUT2D eigenvalue weighted by atomic mass is 32.8. The van der Waals surface area contributed by atoms with Crippen LogP contribution in [-0.4, -0.2) is 31.2 Å². The summed E-state index contributed by atoms with van der Waals surface area (Å²) in [6.07, 6.45) is 4.03. The van der Waals surface area contributed by atoms with Crippen LogP contribution in [0.5, 0.6) is 0 Å². The molecule has 0 aliphatic heterocycles. The molecule has 1 heterocycles. The van der Waals surface area contributed by atoms with Gasteiger partial charge in [0.25, 0.3) is 0 Å². The molecule has 8 heteroatoms. The summed E-state index contributed by atoms with van der Waals surface area (Å²) in [5.74, 6) is 0. The van der Waals surface area contributed by atoms with E-state index < -0.39 is 8.77 Å². The fraction of sp³-hybridized carbons (Fsp3) is 0.118. The Labute approximate surface area is 160 Å². The second-order valence-corrected chi connectivity index (χ2v) is 9.65. The third-order valence-corrected chi connectivity index (χ3v) is 6.31. The van der Waals surface area contributed by atoms with E-state index in [1.165, 1.54) is 0 Å². The Bertz CT molecular complexity index is 913. The van der Waals surface area contributed by atoms with Crippen molar-refractivity contribution in [3.63, 3.8) is 0 Å². The smallest absolute Gasteiger partial charge is 0.225 e. The minimum absolute atomic E-state index is 0.0876. The molecule has 1 unspecified atom stereocenters. The lowest BCUT2D eigenvalue weighted by Crippen LogP contribution is -1.98. The molecule has 2 N–H and O–H groups in total. The van der Waals surface area contributed by atoms with Gasteiger partial charge < -0.3 is 4.98 Å². The number of aromatic nitrogens is 2. The lowest BCUT2D eigenvalue weighted by Gasteiger charge is -2.05. The van der Waals surface area contributed by atoms with Gasteiger partial charge in [-0.1, -0.05) is 24.3 Å². The molecule has 0 fully saturated rings. The summed E-state index contributed by atoms with van der Waals surface area (Å²) in [5.41, 5.74) is 3.05. The number of nitrogens with zero attached hydrogens (tertiary/aromatic N) is 1. The van der Waals surface area contributed by atoms with Crippen molar-refractivity contribution in [1.82, 2.24) is 9.97 Å². The van der Waals surface area contributed by atoms with Crippen LogP contribution in [0.1, 0.15) is 0 Å². The van der Waals surface area contributed by atoms with Crippen LogP contribution in [0.4, 0.5) is 0 Å². The molecular formula is C17H16N2O2S4. The molecule has 0 aliphatic carbocycles. The first-order chi connectivity index (χ1) is 11.9. The van der Waals surface area contributed by atoms with Gasteiger partial charge in [-0.05, 0) is 36.8 Å². The van der Waals surface area contributed by atoms with E-state index in [1.807, 2.05) is 61.0 Å². The Morgan fingerprint density at radius 1 is 0.960 bits per heavy atom. The minimum Gasteiger partial charge on any atom is -0.328 e. The van der Waals surface area contributed by atoms with E-state index in [0.717, 1.165) is 20.9 Å². The van der Waals surface area contributed by atoms with E-state index in [1.54, 1.807) is 23.5 Å². The van der Waals surface area contributed by atoms with Gasteiger partial charge >= 0.3 is 0 Å². The van der Waals surface area contributed by atoms with Crippen molar-refractivity contribution in [2.24, 2.45) is 0 Å². The van der Waals surface area contributed by atoms with Crippen molar-refractivity contribution in [3.05, 3.63) is 48.5 Å². The zero-order chi connectivity index (χ0) is 18.0. The molecule has 130 valence electrons. The van der Waals surface area contributed by atoms with Crippen LogP contribution >= 0.6 is 23.5 Å². The number of benzene rings is 2. The summed E-state index contributed by atoms with van der Waals surface area (Å²) in [7, 11) is -3.59. The molecule has 0 saturated heterocycles. The average molecular weight is 409 g/mol. The van der Waals surface area contributed by atoms with E-state index in [4.69, 9.17) is 0 Å². The predicted octanol–water partition coefficient (Wildman–Crippen LogP) is 4.77. The van der Waals surface area contributed by atoms with Crippen molar-refractivity contribution >= 4 is 43.5 Å². The quantitative estimate of drug-likeness (QED) is 0.593. The van der Waals surface area contributed by atoms with Crippen LogP contribution in [0.25, 0.3) is 22.5 Å². The van der Waals surface area contributed by atoms with Crippen molar-refractivity contribution in [3.8, 4) is 22.5 Å². The van der Waals surface area contributed by atoms with Gasteiger partial charge in [-0.2, -0.15) is 0 Å². The van der Waals surface area contributed by atoms with E-state index in [-0.39, 0.29) is 5.16 Å². The molecule has 2 aromatic carbocycles. The monoisotopic (exact) mass is 408 g/mol. The van der Waals surface area contributed by atoms with Crippen LogP contribution < -0.4 is 0 Å². The van der Waals surface area contributed by atoms with E-state index in [9.17, 15) is 8.76 Å². The van der Waals surface area contributed by atoms with Crippen LogP contribution in [0.15, 0.2) is 63.5 Å². The van der Waals surface area contributed by atoms with Crippen LogP contribution in [-0.2, 0) is 20.0 Å². The summed E-state index contributed by atoms with van der Waals surface area (Å²) in [5, 5.41) is -0.0876. The molecule has 0 radical (unpaired) electrons. The van der Waals surface area contributed by atoms with Gasteiger partial charge in [-0.15, -0.1) is 23.5 Å². The molecule has 0 saturated carbocycles. The Kier molecular flexibility index (Phi) is 5.55. The first-order valence-electron chi connectivity index (χ1n) is 7.28. The molecule has 0 bridgehead atoms. The summed E-state index contributed by atoms with van der Waals surface area (Å²) in [4.78, 5) is 9.56. The van der Waals surface area contributed by atoms with Gasteiger partial charge in [0.2, 0.25) is 13.9 Å². The molecule has 0 spiro atoms. The van der Waals surface area contributed by atoms with Gasteiger partial charge in [0.05, 0.1) is 11.4 Å². The standard InChI is InChI=1S/C17H16N2O2S4/c1-23-13-7-3-11(4-8-13)15-16(19-17(18-15)25(20,21)22)12-5-9-14(24-2)10-6-12/h3-10H,1-2H3,(H,18,19)(H,20,21,22). The van der Waals surface area contributed by atoms with Gasteiger partial charge in [0, 0.05) is 32.1 Å². The van der Waals surface area contributed by atoms with E-state index in [0.29, 0.717) is 11.4 Å². The maximum Gasteiger partial charge on any atom is 0.225 e. The average Bonchev–Trinajstić information content (AvgIpc) is 3.07. The molecule has 0 aliphatic rings.